The van der Waals surface area contributed by atoms with Crippen molar-refractivity contribution in [1.82, 2.24) is 4.90 Å². The number of carboxylic acids is 1. The van der Waals surface area contributed by atoms with E-state index in [0.29, 0.717) is 31.6 Å². The van der Waals surface area contributed by atoms with Gasteiger partial charge in [-0.05, 0) is 61.7 Å². The molecule has 2 aromatic rings. The number of amides is 1. The van der Waals surface area contributed by atoms with Crippen molar-refractivity contribution in [3.63, 3.8) is 0 Å². The highest BCUT2D eigenvalue weighted by Crippen LogP contribution is 2.36. The van der Waals surface area contributed by atoms with Gasteiger partial charge in [0.25, 0.3) is 0 Å². The van der Waals surface area contributed by atoms with Crippen molar-refractivity contribution in [3.05, 3.63) is 65.2 Å². The van der Waals surface area contributed by atoms with Crippen LogP contribution in [-0.2, 0) is 11.0 Å². The molecule has 1 saturated heterocycles. The molecule has 5 nitrogen and oxygen atoms in total. The van der Waals surface area contributed by atoms with Crippen molar-refractivity contribution in [3.8, 4) is 0 Å². The number of nitrogens with zero attached hydrogens (tertiary/aromatic N) is 2. The minimum atomic E-state index is -4.38. The average molecular weight is 434 g/mol. The van der Waals surface area contributed by atoms with E-state index in [4.69, 9.17) is 5.11 Å². The first kappa shape index (κ1) is 22.7. The minimum absolute atomic E-state index is 0.0318. The molecule has 1 fully saturated rings. The van der Waals surface area contributed by atoms with Crippen LogP contribution in [0.15, 0.2) is 48.5 Å². The second-order valence-electron chi connectivity index (χ2n) is 7.77. The number of anilines is 1. The average Bonchev–Trinajstić information content (AvgIpc) is 2.77. The van der Waals surface area contributed by atoms with Crippen LogP contribution < -0.4 is 4.90 Å². The maximum atomic E-state index is 13.0. The number of hydrogen-bond acceptors (Lipinski definition) is 3. The number of benzene rings is 2. The molecule has 8 heteroatoms. The van der Waals surface area contributed by atoms with Crippen molar-refractivity contribution in [2.24, 2.45) is 0 Å². The topological polar surface area (TPSA) is 60.9 Å². The van der Waals surface area contributed by atoms with Crippen molar-refractivity contribution in [2.75, 3.05) is 25.0 Å². The number of aromatic carboxylic acids is 1. The van der Waals surface area contributed by atoms with Crippen LogP contribution in [0.4, 0.5) is 18.9 Å². The van der Waals surface area contributed by atoms with Gasteiger partial charge in [0.15, 0.2) is 0 Å². The Morgan fingerprint density at radius 3 is 2.19 bits per heavy atom. The highest BCUT2D eigenvalue weighted by atomic mass is 19.4. The predicted octanol–water partition coefficient (Wildman–Crippen LogP) is 4.63. The van der Waals surface area contributed by atoms with Gasteiger partial charge >= 0.3 is 12.1 Å². The first-order valence-electron chi connectivity index (χ1n) is 10.1. The molecule has 0 saturated carbocycles. The molecule has 1 N–H and O–H groups in total. The van der Waals surface area contributed by atoms with E-state index in [-0.39, 0.29) is 17.4 Å². The summed E-state index contributed by atoms with van der Waals surface area (Å²) in [6.07, 6.45) is -3.16. The Kier molecular flexibility index (Phi) is 6.57. The molecule has 1 aliphatic rings. The fourth-order valence-corrected chi connectivity index (χ4v) is 3.94. The zero-order valence-electron chi connectivity index (χ0n) is 17.4. The lowest BCUT2D eigenvalue weighted by Crippen LogP contribution is -2.51. The number of likely N-dealkylation sites (N-methyl/N-ethyl adjacent to an activating group) is 1. The van der Waals surface area contributed by atoms with Crippen molar-refractivity contribution < 1.29 is 27.9 Å². The molecule has 0 radical (unpaired) electrons. The van der Waals surface area contributed by atoms with E-state index < -0.39 is 23.8 Å². The molecule has 166 valence electrons. The lowest BCUT2D eigenvalue weighted by atomic mass is 9.86. The van der Waals surface area contributed by atoms with Crippen LogP contribution in [0.25, 0.3) is 0 Å². The SMILES string of the molecule is CCN(C)C(=O)[C@@H]1CCC(c2ccc(C(F)(F)F)cc2)CN1c1ccc(C(=O)O)cc1. The third kappa shape index (κ3) is 5.00. The summed E-state index contributed by atoms with van der Waals surface area (Å²) in [4.78, 5) is 27.7. The number of carboxylic acid groups (broad SMARTS) is 1. The number of rotatable bonds is 5. The first-order valence-corrected chi connectivity index (χ1v) is 10.1. The van der Waals surface area contributed by atoms with Gasteiger partial charge in [-0.1, -0.05) is 12.1 Å². The molecule has 2 aromatic carbocycles. The molecule has 0 aromatic heterocycles. The van der Waals surface area contributed by atoms with Crippen LogP contribution in [0, 0.1) is 0 Å². The Balaban J connectivity index is 1.89. The van der Waals surface area contributed by atoms with E-state index in [9.17, 15) is 22.8 Å². The van der Waals surface area contributed by atoms with Gasteiger partial charge in [0.1, 0.15) is 6.04 Å². The normalized spacial score (nSPS) is 19.2. The fraction of sp³-hybridized carbons (Fsp3) is 0.391. The zero-order chi connectivity index (χ0) is 22.8. The second-order valence-corrected chi connectivity index (χ2v) is 7.77. The van der Waals surface area contributed by atoms with E-state index in [0.717, 1.165) is 17.7 Å². The summed E-state index contributed by atoms with van der Waals surface area (Å²) in [5.74, 6) is -1.11. The van der Waals surface area contributed by atoms with Crippen LogP contribution in [0.5, 0.6) is 0 Å². The van der Waals surface area contributed by atoms with Crippen LogP contribution in [0.2, 0.25) is 0 Å². The van der Waals surface area contributed by atoms with Crippen molar-refractivity contribution in [1.29, 1.82) is 0 Å². The Labute approximate surface area is 179 Å². The predicted molar refractivity (Wildman–Crippen MR) is 111 cm³/mol. The molecule has 1 aliphatic heterocycles. The van der Waals surface area contributed by atoms with Gasteiger partial charge in [0.05, 0.1) is 11.1 Å². The second kappa shape index (κ2) is 8.99. The summed E-state index contributed by atoms with van der Waals surface area (Å²) in [5, 5.41) is 9.15. The number of alkyl halides is 3. The molecule has 3 rings (SSSR count). The molecule has 0 aliphatic carbocycles. The first-order chi connectivity index (χ1) is 14.6. The van der Waals surface area contributed by atoms with Gasteiger partial charge in [-0.2, -0.15) is 13.2 Å². The quantitative estimate of drug-likeness (QED) is 0.745. The third-order valence-corrected chi connectivity index (χ3v) is 5.87. The maximum absolute atomic E-state index is 13.0. The van der Waals surface area contributed by atoms with E-state index in [1.165, 1.54) is 24.3 Å². The highest BCUT2D eigenvalue weighted by Gasteiger charge is 2.36. The van der Waals surface area contributed by atoms with Gasteiger partial charge in [0, 0.05) is 31.7 Å². The molecule has 1 heterocycles. The Hall–Kier alpha value is -3.03. The number of hydrogen-bond donors (Lipinski definition) is 1. The molecule has 0 spiro atoms. The largest absolute Gasteiger partial charge is 0.478 e. The summed E-state index contributed by atoms with van der Waals surface area (Å²) >= 11 is 0. The summed E-state index contributed by atoms with van der Waals surface area (Å²) in [6.45, 7) is 2.90. The van der Waals surface area contributed by atoms with Gasteiger partial charge < -0.3 is 14.9 Å². The van der Waals surface area contributed by atoms with Crippen LogP contribution in [0.1, 0.15) is 47.2 Å². The Morgan fingerprint density at radius 1 is 1.06 bits per heavy atom. The molecular formula is C23H25F3N2O3. The standard InChI is InChI=1S/C23H25F3N2O3/c1-3-27(2)21(29)20-13-8-17(15-4-9-18(10-5-15)23(24,25)26)14-28(20)19-11-6-16(7-12-19)22(30)31/h4-7,9-12,17,20H,3,8,13-14H2,1-2H3,(H,30,31)/t17?,20-/m0/s1. The van der Waals surface area contributed by atoms with Crippen molar-refractivity contribution >= 4 is 17.6 Å². The zero-order valence-corrected chi connectivity index (χ0v) is 17.4. The summed E-state index contributed by atoms with van der Waals surface area (Å²) in [6, 6.07) is 11.1. The fourth-order valence-electron chi connectivity index (χ4n) is 3.94. The van der Waals surface area contributed by atoms with E-state index in [1.54, 1.807) is 24.1 Å². The Bertz CT molecular complexity index is 927. The Morgan fingerprint density at radius 2 is 1.68 bits per heavy atom. The summed E-state index contributed by atoms with van der Waals surface area (Å²) < 4.78 is 38.7. The number of piperidine rings is 1. The van der Waals surface area contributed by atoms with Crippen LogP contribution in [0.3, 0.4) is 0 Å². The minimum Gasteiger partial charge on any atom is -0.478 e. The smallest absolute Gasteiger partial charge is 0.416 e. The summed E-state index contributed by atoms with van der Waals surface area (Å²) in [5.41, 5.74) is 0.957. The maximum Gasteiger partial charge on any atom is 0.416 e. The molecular weight excluding hydrogens is 409 g/mol. The van der Waals surface area contributed by atoms with Gasteiger partial charge in [-0.25, -0.2) is 4.79 Å². The molecule has 1 amide bonds. The van der Waals surface area contributed by atoms with Crippen LogP contribution in [-0.4, -0.2) is 48.1 Å². The van der Waals surface area contributed by atoms with Gasteiger partial charge in [-0.3, -0.25) is 4.79 Å². The lowest BCUT2D eigenvalue weighted by molar-refractivity contribution is -0.137. The van der Waals surface area contributed by atoms with Gasteiger partial charge in [0.2, 0.25) is 5.91 Å². The lowest BCUT2D eigenvalue weighted by Gasteiger charge is -2.42. The van der Waals surface area contributed by atoms with E-state index >= 15 is 0 Å². The van der Waals surface area contributed by atoms with Gasteiger partial charge in [-0.15, -0.1) is 0 Å². The molecule has 1 unspecified atom stereocenters. The monoisotopic (exact) mass is 434 g/mol. The van der Waals surface area contributed by atoms with Crippen LogP contribution >= 0.6 is 0 Å². The third-order valence-electron chi connectivity index (χ3n) is 5.87. The molecule has 31 heavy (non-hydrogen) atoms. The summed E-state index contributed by atoms with van der Waals surface area (Å²) in [7, 11) is 1.73. The number of halogens is 3. The van der Waals surface area contributed by atoms with E-state index in [2.05, 4.69) is 0 Å². The molecule has 2 atom stereocenters. The van der Waals surface area contributed by atoms with E-state index in [1.807, 2.05) is 11.8 Å². The number of carbonyl (C=O) groups is 2. The highest BCUT2D eigenvalue weighted by molar-refractivity contribution is 5.89. The van der Waals surface area contributed by atoms with Crippen molar-refractivity contribution in [2.45, 2.75) is 37.9 Å². The molecule has 0 bridgehead atoms. The number of carbonyl (C=O) groups excluding carboxylic acids is 1.